The van der Waals surface area contributed by atoms with Gasteiger partial charge in [0.25, 0.3) is 0 Å². The molecule has 0 saturated heterocycles. The fourth-order valence-electron chi connectivity index (χ4n) is 0.931. The topological polar surface area (TPSA) is 84.2 Å². The molecule has 1 rings (SSSR count). The number of carbonyl (C=O) groups excluding carboxylic acids is 1. The second kappa shape index (κ2) is 3.83. The van der Waals surface area contributed by atoms with E-state index in [0.717, 1.165) is 10.9 Å². The highest BCUT2D eigenvalue weighted by Crippen LogP contribution is 2.20. The molecule has 0 aliphatic rings. The number of hydrogen-bond donors (Lipinski definition) is 2. The van der Waals surface area contributed by atoms with Crippen molar-refractivity contribution in [3.63, 3.8) is 0 Å². The number of nitrogens with one attached hydrogen (secondary N) is 1. The van der Waals surface area contributed by atoms with E-state index in [1.165, 1.54) is 12.4 Å². The number of amides is 1. The Labute approximate surface area is 86.7 Å². The average molecular weight is 237 g/mol. The van der Waals surface area contributed by atoms with Gasteiger partial charge in [-0.3, -0.25) is 9.48 Å². The van der Waals surface area contributed by atoms with Gasteiger partial charge in [0.05, 0.1) is 5.69 Å². The summed E-state index contributed by atoms with van der Waals surface area (Å²) in [6, 6.07) is 0. The van der Waals surface area contributed by atoms with E-state index < -0.39 is 29.4 Å². The minimum atomic E-state index is -5.08. The maximum absolute atomic E-state index is 11.9. The van der Waals surface area contributed by atoms with Crippen LogP contribution in [0.5, 0.6) is 0 Å². The van der Waals surface area contributed by atoms with E-state index in [-0.39, 0.29) is 0 Å². The van der Waals surface area contributed by atoms with E-state index in [2.05, 4.69) is 5.10 Å². The Morgan fingerprint density at radius 3 is 2.50 bits per heavy atom. The number of aromatic nitrogens is 2. The number of rotatable bonds is 2. The first kappa shape index (κ1) is 12.0. The highest BCUT2D eigenvalue weighted by molar-refractivity contribution is 6.00. The molecule has 0 bridgehead atoms. The Bertz CT molecular complexity index is 438. The molecule has 0 aliphatic heterocycles. The molecule has 1 aromatic heterocycles. The summed E-state index contributed by atoms with van der Waals surface area (Å²) >= 11 is 0. The van der Waals surface area contributed by atoms with Crippen LogP contribution in [0.15, 0.2) is 6.20 Å². The number of anilines is 1. The average Bonchev–Trinajstić information content (AvgIpc) is 2.45. The van der Waals surface area contributed by atoms with Gasteiger partial charge in [-0.15, -0.1) is 0 Å². The molecule has 1 aromatic rings. The largest absolute Gasteiger partial charge is 0.476 e. The fourth-order valence-corrected chi connectivity index (χ4v) is 0.931. The third kappa shape index (κ3) is 2.49. The van der Waals surface area contributed by atoms with E-state index in [1.54, 1.807) is 0 Å². The predicted molar refractivity (Wildman–Crippen MR) is 44.9 cm³/mol. The van der Waals surface area contributed by atoms with Crippen LogP contribution in [-0.4, -0.2) is 32.9 Å². The molecule has 0 fully saturated rings. The van der Waals surface area contributed by atoms with Crippen LogP contribution in [0.25, 0.3) is 0 Å². The van der Waals surface area contributed by atoms with Crippen LogP contribution in [0.1, 0.15) is 10.5 Å². The van der Waals surface area contributed by atoms with E-state index in [0.29, 0.717) is 0 Å². The summed E-state index contributed by atoms with van der Waals surface area (Å²) in [4.78, 5) is 21.1. The van der Waals surface area contributed by atoms with Crippen molar-refractivity contribution in [1.29, 1.82) is 0 Å². The maximum atomic E-state index is 11.9. The van der Waals surface area contributed by atoms with E-state index >= 15 is 0 Å². The van der Waals surface area contributed by atoms with Crippen molar-refractivity contribution in [2.75, 3.05) is 5.32 Å². The third-order valence-corrected chi connectivity index (χ3v) is 1.54. The number of carbonyl (C=O) groups is 2. The number of hydrogen-bond acceptors (Lipinski definition) is 3. The molecule has 0 aromatic carbocycles. The Hall–Kier alpha value is -2.06. The van der Waals surface area contributed by atoms with Gasteiger partial charge in [0.15, 0.2) is 5.69 Å². The van der Waals surface area contributed by atoms with E-state index in [4.69, 9.17) is 5.11 Å². The van der Waals surface area contributed by atoms with Crippen LogP contribution < -0.4 is 5.32 Å². The molecule has 2 N–H and O–H groups in total. The van der Waals surface area contributed by atoms with Crippen LogP contribution in [0.4, 0.5) is 18.9 Å². The molecular formula is C7H6F3N3O3. The normalized spacial score (nSPS) is 11.2. The lowest BCUT2D eigenvalue weighted by molar-refractivity contribution is -0.167. The van der Waals surface area contributed by atoms with Crippen molar-refractivity contribution in [2.24, 2.45) is 7.05 Å². The molecule has 1 amide bonds. The SMILES string of the molecule is Cn1cc(NC(=O)C(F)(F)F)c(C(=O)O)n1. The monoisotopic (exact) mass is 237 g/mol. The van der Waals surface area contributed by atoms with Gasteiger partial charge in [-0.1, -0.05) is 0 Å². The predicted octanol–water partition coefficient (Wildman–Crippen LogP) is 0.619. The zero-order valence-corrected chi connectivity index (χ0v) is 7.87. The minimum Gasteiger partial charge on any atom is -0.476 e. The summed E-state index contributed by atoms with van der Waals surface area (Å²) in [5, 5.41) is 13.4. The van der Waals surface area contributed by atoms with Gasteiger partial charge >= 0.3 is 18.1 Å². The molecule has 16 heavy (non-hydrogen) atoms. The first-order valence-electron chi connectivity index (χ1n) is 3.87. The molecule has 9 heteroatoms. The smallest absolute Gasteiger partial charge is 0.471 e. The van der Waals surface area contributed by atoms with Gasteiger partial charge in [-0.05, 0) is 0 Å². The molecule has 0 saturated carbocycles. The van der Waals surface area contributed by atoms with Crippen molar-refractivity contribution in [3.8, 4) is 0 Å². The lowest BCUT2D eigenvalue weighted by Gasteiger charge is -2.05. The van der Waals surface area contributed by atoms with Crippen molar-refractivity contribution >= 4 is 17.6 Å². The first-order valence-corrected chi connectivity index (χ1v) is 3.87. The van der Waals surface area contributed by atoms with Crippen LogP contribution in [-0.2, 0) is 11.8 Å². The maximum Gasteiger partial charge on any atom is 0.471 e. The molecular weight excluding hydrogens is 231 g/mol. The second-order valence-corrected chi connectivity index (χ2v) is 2.82. The molecule has 0 radical (unpaired) electrons. The van der Waals surface area contributed by atoms with Gasteiger partial charge < -0.3 is 10.4 Å². The molecule has 0 aliphatic carbocycles. The second-order valence-electron chi connectivity index (χ2n) is 2.82. The van der Waals surface area contributed by atoms with Crippen LogP contribution in [0.2, 0.25) is 0 Å². The van der Waals surface area contributed by atoms with Crippen molar-refractivity contribution in [2.45, 2.75) is 6.18 Å². The Morgan fingerprint density at radius 1 is 1.50 bits per heavy atom. The molecule has 1 heterocycles. The van der Waals surface area contributed by atoms with E-state index in [9.17, 15) is 22.8 Å². The number of carboxylic acids is 1. The van der Waals surface area contributed by atoms with Crippen LogP contribution in [0.3, 0.4) is 0 Å². The first-order chi connectivity index (χ1) is 7.21. The zero-order valence-electron chi connectivity index (χ0n) is 7.87. The fraction of sp³-hybridized carbons (Fsp3) is 0.286. The van der Waals surface area contributed by atoms with Crippen LogP contribution in [0, 0.1) is 0 Å². The molecule has 0 atom stereocenters. The highest BCUT2D eigenvalue weighted by atomic mass is 19.4. The summed E-state index contributed by atoms with van der Waals surface area (Å²) < 4.78 is 36.6. The van der Waals surface area contributed by atoms with Crippen molar-refractivity contribution in [1.82, 2.24) is 9.78 Å². The molecule has 0 spiro atoms. The number of alkyl halides is 3. The zero-order chi connectivity index (χ0) is 12.5. The Morgan fingerprint density at radius 2 is 2.06 bits per heavy atom. The van der Waals surface area contributed by atoms with Crippen LogP contribution >= 0.6 is 0 Å². The number of nitrogens with zero attached hydrogens (tertiary/aromatic N) is 2. The van der Waals surface area contributed by atoms with Gasteiger partial charge in [0.2, 0.25) is 0 Å². The summed E-state index contributed by atoms with van der Waals surface area (Å²) in [7, 11) is 1.32. The summed E-state index contributed by atoms with van der Waals surface area (Å²) in [5.74, 6) is -3.78. The number of aromatic carboxylic acids is 1. The van der Waals surface area contributed by atoms with Gasteiger partial charge in [0, 0.05) is 13.2 Å². The van der Waals surface area contributed by atoms with Gasteiger partial charge in [0.1, 0.15) is 0 Å². The molecule has 0 unspecified atom stereocenters. The lowest BCUT2D eigenvalue weighted by atomic mass is 10.3. The quantitative estimate of drug-likeness (QED) is 0.789. The molecule has 88 valence electrons. The Balaban J connectivity index is 2.98. The summed E-state index contributed by atoms with van der Waals surface area (Å²) in [5.41, 5.74) is -1.16. The number of aryl methyl sites for hydroxylation is 1. The lowest BCUT2D eigenvalue weighted by Crippen LogP contribution is -2.30. The van der Waals surface area contributed by atoms with E-state index in [1.807, 2.05) is 0 Å². The van der Waals surface area contributed by atoms with Crippen molar-refractivity contribution < 1.29 is 27.9 Å². The Kier molecular flexibility index (Phi) is 2.88. The standard InChI is InChI=1S/C7H6F3N3O3/c1-13-2-3(4(12-13)5(14)15)11-6(16)7(8,9)10/h2H,1H3,(H,11,16)(H,14,15). The number of carboxylic acid groups (broad SMARTS) is 1. The number of halogens is 3. The van der Waals surface area contributed by atoms with Gasteiger partial charge in [-0.25, -0.2) is 4.79 Å². The highest BCUT2D eigenvalue weighted by Gasteiger charge is 2.39. The minimum absolute atomic E-state index is 0.502. The summed E-state index contributed by atoms with van der Waals surface area (Å²) in [6.45, 7) is 0. The third-order valence-electron chi connectivity index (χ3n) is 1.54. The molecule has 6 nitrogen and oxygen atoms in total. The summed E-state index contributed by atoms with van der Waals surface area (Å²) in [6.07, 6.45) is -4.11. The van der Waals surface area contributed by atoms with Gasteiger partial charge in [-0.2, -0.15) is 18.3 Å². The van der Waals surface area contributed by atoms with Crippen molar-refractivity contribution in [3.05, 3.63) is 11.9 Å².